The Balaban J connectivity index is 1.45. The number of carbonyl (C=O) groups is 4. The van der Waals surface area contributed by atoms with E-state index in [0.29, 0.717) is 5.69 Å². The topological polar surface area (TPSA) is 206 Å². The van der Waals surface area contributed by atoms with E-state index < -0.39 is 29.9 Å². The number of aliphatic hydroxyl groups is 1. The molecule has 0 aromatic carbocycles. The smallest absolute Gasteiger partial charge is 0.303 e. The maximum atomic E-state index is 13.3. The summed E-state index contributed by atoms with van der Waals surface area (Å²) in [7, 11) is 0. The van der Waals surface area contributed by atoms with Crippen LogP contribution in [0, 0.1) is 5.92 Å². The minimum Gasteiger partial charge on any atom is -0.481 e. The lowest BCUT2D eigenvalue weighted by molar-refractivity contribution is -0.139. The monoisotopic (exact) mass is 502 g/mol. The third kappa shape index (κ3) is 6.05. The highest BCUT2D eigenvalue weighted by Gasteiger charge is 2.40. The fourth-order valence-electron chi connectivity index (χ4n) is 4.91. The van der Waals surface area contributed by atoms with Crippen LogP contribution >= 0.6 is 0 Å². The minimum atomic E-state index is -1.04. The molecular formula is C22H30N8O6. The number of β-amino-alcohol motifs (C(OH)–C–C–N with tert-alkyl or cyclic N) is 1. The van der Waals surface area contributed by atoms with E-state index in [2.05, 4.69) is 36.2 Å². The summed E-state index contributed by atoms with van der Waals surface area (Å²) >= 11 is 0. The Kier molecular flexibility index (Phi) is 7.93. The van der Waals surface area contributed by atoms with Gasteiger partial charge in [0.15, 0.2) is 5.82 Å². The Morgan fingerprint density at radius 3 is 2.64 bits per heavy atom. The molecule has 3 atom stereocenters. The molecule has 36 heavy (non-hydrogen) atoms. The van der Waals surface area contributed by atoms with E-state index in [-0.39, 0.29) is 61.7 Å². The SMILES string of the molecule is O=C(O)CCC(=O)N[C@@H](c1ccc(C(=O)N2C[C@@H](O)C[C@H]2C(=O)NCc2nn[nH]n2)[nH]1)C1CCCC1. The van der Waals surface area contributed by atoms with E-state index >= 15 is 0 Å². The van der Waals surface area contributed by atoms with Crippen LogP contribution in [0.1, 0.15) is 73.0 Å². The quantitative estimate of drug-likeness (QED) is 0.250. The van der Waals surface area contributed by atoms with E-state index in [1.165, 1.54) is 4.90 Å². The Morgan fingerprint density at radius 2 is 1.94 bits per heavy atom. The standard InChI is InChI=1S/C22H30N8O6/c31-13-9-16(21(35)23-10-17-26-28-29-27-17)30(11-13)22(36)15-6-5-14(24-15)20(12-3-1-2-4-12)25-18(32)7-8-19(33)34/h5-6,12-13,16,20,24,31H,1-4,7-11H2,(H,23,35)(H,25,32)(H,33,34)(H,26,27,28,29)/t13-,16-,20+/m0/s1. The maximum Gasteiger partial charge on any atom is 0.303 e. The second-order valence-corrected chi connectivity index (χ2v) is 9.22. The van der Waals surface area contributed by atoms with Crippen LogP contribution in [-0.4, -0.2) is 83.1 Å². The summed E-state index contributed by atoms with van der Waals surface area (Å²) in [6.07, 6.45) is 2.75. The van der Waals surface area contributed by atoms with Gasteiger partial charge in [0, 0.05) is 25.1 Å². The lowest BCUT2D eigenvalue weighted by Gasteiger charge is -2.25. The van der Waals surface area contributed by atoms with Gasteiger partial charge in [-0.3, -0.25) is 19.2 Å². The van der Waals surface area contributed by atoms with Gasteiger partial charge in [0.25, 0.3) is 5.91 Å². The number of carbonyl (C=O) groups excluding carboxylic acids is 3. The van der Waals surface area contributed by atoms with Gasteiger partial charge >= 0.3 is 5.97 Å². The fraction of sp³-hybridized carbons (Fsp3) is 0.591. The summed E-state index contributed by atoms with van der Waals surface area (Å²) in [5.41, 5.74) is 0.879. The number of aromatic nitrogens is 5. The molecule has 1 saturated heterocycles. The van der Waals surface area contributed by atoms with Crippen LogP contribution in [0.4, 0.5) is 0 Å². The average Bonchev–Trinajstić information content (AvgIpc) is 3.66. The lowest BCUT2D eigenvalue weighted by atomic mass is 9.95. The van der Waals surface area contributed by atoms with Crippen molar-refractivity contribution < 1.29 is 29.4 Å². The van der Waals surface area contributed by atoms with Crippen LogP contribution in [-0.2, 0) is 20.9 Å². The van der Waals surface area contributed by atoms with E-state index in [4.69, 9.17) is 5.11 Å². The van der Waals surface area contributed by atoms with Gasteiger partial charge in [-0.25, -0.2) is 0 Å². The molecule has 2 aromatic heterocycles. The van der Waals surface area contributed by atoms with Crippen molar-refractivity contribution in [3.63, 3.8) is 0 Å². The molecule has 3 amide bonds. The number of carboxylic acid groups (broad SMARTS) is 1. The van der Waals surface area contributed by atoms with Gasteiger partial charge < -0.3 is 30.7 Å². The van der Waals surface area contributed by atoms with Crippen molar-refractivity contribution in [1.82, 2.24) is 41.1 Å². The third-order valence-electron chi connectivity index (χ3n) is 6.68. The highest BCUT2D eigenvalue weighted by atomic mass is 16.4. The lowest BCUT2D eigenvalue weighted by Crippen LogP contribution is -2.46. The fourth-order valence-corrected chi connectivity index (χ4v) is 4.91. The molecule has 1 aliphatic carbocycles. The van der Waals surface area contributed by atoms with Crippen molar-refractivity contribution in [2.45, 2.75) is 69.7 Å². The van der Waals surface area contributed by atoms with Gasteiger partial charge in [0.1, 0.15) is 11.7 Å². The molecule has 2 fully saturated rings. The molecular weight excluding hydrogens is 472 g/mol. The number of carboxylic acids is 1. The summed E-state index contributed by atoms with van der Waals surface area (Å²) in [4.78, 5) is 53.7. The highest BCUT2D eigenvalue weighted by molar-refractivity contribution is 5.97. The molecule has 0 unspecified atom stereocenters. The second-order valence-electron chi connectivity index (χ2n) is 9.22. The molecule has 0 radical (unpaired) electrons. The van der Waals surface area contributed by atoms with Crippen molar-refractivity contribution >= 4 is 23.7 Å². The molecule has 2 aromatic rings. The number of aliphatic hydroxyl groups excluding tert-OH is 1. The molecule has 1 saturated carbocycles. The van der Waals surface area contributed by atoms with Gasteiger partial charge in [0.05, 0.1) is 25.1 Å². The van der Waals surface area contributed by atoms with Crippen LogP contribution in [0.25, 0.3) is 0 Å². The Labute approximate surface area is 206 Å². The zero-order valence-electron chi connectivity index (χ0n) is 19.6. The number of hydrogen-bond acceptors (Lipinski definition) is 8. The molecule has 14 nitrogen and oxygen atoms in total. The van der Waals surface area contributed by atoms with E-state index in [0.717, 1.165) is 25.7 Å². The number of amides is 3. The summed E-state index contributed by atoms with van der Waals surface area (Å²) in [6.45, 7) is 0.0344. The number of tetrazole rings is 1. The van der Waals surface area contributed by atoms with Crippen LogP contribution < -0.4 is 10.6 Å². The summed E-state index contributed by atoms with van der Waals surface area (Å²) in [5, 5.41) is 37.9. The number of aromatic amines is 2. The van der Waals surface area contributed by atoms with Crippen LogP contribution in [0.5, 0.6) is 0 Å². The Hall–Kier alpha value is -3.81. The van der Waals surface area contributed by atoms with E-state index in [1.54, 1.807) is 12.1 Å². The number of likely N-dealkylation sites (tertiary alicyclic amines) is 1. The van der Waals surface area contributed by atoms with Crippen molar-refractivity contribution in [2.24, 2.45) is 5.92 Å². The molecule has 1 aliphatic heterocycles. The van der Waals surface area contributed by atoms with E-state index in [1.807, 2.05) is 0 Å². The van der Waals surface area contributed by atoms with Gasteiger partial charge in [0.2, 0.25) is 11.8 Å². The number of nitrogens with zero attached hydrogens (tertiary/aromatic N) is 4. The predicted molar refractivity (Wildman–Crippen MR) is 122 cm³/mol. The van der Waals surface area contributed by atoms with E-state index in [9.17, 15) is 24.3 Å². The highest BCUT2D eigenvalue weighted by Crippen LogP contribution is 2.35. The first kappa shape index (κ1) is 25.3. The first-order valence-corrected chi connectivity index (χ1v) is 12.0. The number of nitrogens with one attached hydrogen (secondary N) is 4. The normalized spacial score (nSPS) is 20.9. The molecule has 0 bridgehead atoms. The predicted octanol–water partition coefficient (Wildman–Crippen LogP) is -0.368. The first-order valence-electron chi connectivity index (χ1n) is 12.0. The molecule has 4 rings (SSSR count). The van der Waals surface area contributed by atoms with Crippen molar-refractivity contribution in [3.05, 3.63) is 29.3 Å². The zero-order chi connectivity index (χ0) is 25.7. The summed E-state index contributed by atoms with van der Waals surface area (Å²) in [6, 6.07) is 2.08. The Morgan fingerprint density at radius 1 is 1.17 bits per heavy atom. The average molecular weight is 503 g/mol. The molecule has 14 heteroatoms. The van der Waals surface area contributed by atoms with Gasteiger partial charge in [-0.15, -0.1) is 10.2 Å². The Bertz CT molecular complexity index is 1080. The van der Waals surface area contributed by atoms with Crippen molar-refractivity contribution in [3.8, 4) is 0 Å². The van der Waals surface area contributed by atoms with Gasteiger partial charge in [-0.1, -0.05) is 18.1 Å². The number of hydrogen-bond donors (Lipinski definition) is 6. The summed E-state index contributed by atoms with van der Waals surface area (Å²) in [5.74, 6) is -1.84. The first-order chi connectivity index (χ1) is 17.3. The van der Waals surface area contributed by atoms with Gasteiger partial charge in [-0.2, -0.15) is 5.21 Å². The molecule has 2 aliphatic rings. The molecule has 6 N–H and O–H groups in total. The van der Waals surface area contributed by atoms with Gasteiger partial charge in [-0.05, 0) is 30.9 Å². The molecule has 3 heterocycles. The number of H-pyrrole nitrogens is 2. The number of aliphatic carboxylic acids is 1. The van der Waals surface area contributed by atoms with Crippen LogP contribution in [0.2, 0.25) is 0 Å². The van der Waals surface area contributed by atoms with Crippen LogP contribution in [0.3, 0.4) is 0 Å². The maximum absolute atomic E-state index is 13.3. The summed E-state index contributed by atoms with van der Waals surface area (Å²) < 4.78 is 0. The van der Waals surface area contributed by atoms with Crippen LogP contribution in [0.15, 0.2) is 12.1 Å². The minimum absolute atomic E-state index is 0.00542. The third-order valence-corrected chi connectivity index (χ3v) is 6.68. The van der Waals surface area contributed by atoms with Crippen molar-refractivity contribution in [2.75, 3.05) is 6.54 Å². The molecule has 0 spiro atoms. The number of rotatable bonds is 10. The largest absolute Gasteiger partial charge is 0.481 e. The second kappa shape index (κ2) is 11.3. The van der Waals surface area contributed by atoms with Crippen molar-refractivity contribution in [1.29, 1.82) is 0 Å². The molecule has 194 valence electrons. The zero-order valence-corrected chi connectivity index (χ0v) is 19.6.